The number of rotatable bonds is 12. The van der Waals surface area contributed by atoms with E-state index in [4.69, 9.17) is 19.9 Å². The molecular weight excluding hydrogens is 550 g/mol. The summed E-state index contributed by atoms with van der Waals surface area (Å²) < 4.78 is 16.8. The number of carbonyl (C=O) groups excluding carboxylic acids is 3. The summed E-state index contributed by atoms with van der Waals surface area (Å²) >= 11 is 0. The van der Waals surface area contributed by atoms with Crippen molar-refractivity contribution < 1.29 is 33.7 Å². The van der Waals surface area contributed by atoms with Crippen LogP contribution >= 0.6 is 0 Å². The van der Waals surface area contributed by atoms with E-state index in [-0.39, 0.29) is 36.7 Å². The predicted molar refractivity (Wildman–Crippen MR) is 162 cm³/mol. The van der Waals surface area contributed by atoms with Gasteiger partial charge >= 0.3 is 5.97 Å². The molecule has 2 amide bonds. The molecule has 10 nitrogen and oxygen atoms in total. The Morgan fingerprint density at radius 1 is 0.953 bits per heavy atom. The van der Waals surface area contributed by atoms with Gasteiger partial charge in [-0.05, 0) is 73.4 Å². The zero-order valence-corrected chi connectivity index (χ0v) is 24.2. The van der Waals surface area contributed by atoms with Crippen molar-refractivity contribution in [1.82, 2.24) is 5.32 Å². The number of carbonyl (C=O) groups is 3. The average Bonchev–Trinajstić information content (AvgIpc) is 3.03. The van der Waals surface area contributed by atoms with Gasteiger partial charge in [0, 0.05) is 37.2 Å². The number of ether oxygens (including phenoxy) is 3. The van der Waals surface area contributed by atoms with Gasteiger partial charge < -0.3 is 35.7 Å². The fraction of sp³-hybridized carbons (Fsp3) is 0.303. The molecule has 5 N–H and O–H groups in total. The number of nitrogens with two attached hydrogens (primary N) is 1. The summed E-state index contributed by atoms with van der Waals surface area (Å²) in [6.07, 6.45) is 2.20. The van der Waals surface area contributed by atoms with E-state index in [9.17, 15) is 19.5 Å². The first-order chi connectivity index (χ1) is 20.8. The Morgan fingerprint density at radius 2 is 1.65 bits per heavy atom. The number of nitrogen functional groups attached to an aromatic ring is 1. The highest BCUT2D eigenvalue weighted by atomic mass is 16.7. The molecule has 0 saturated carbocycles. The molecule has 0 bridgehead atoms. The predicted octanol–water partition coefficient (Wildman–Crippen LogP) is 4.37. The van der Waals surface area contributed by atoms with Gasteiger partial charge in [0.25, 0.3) is 11.8 Å². The van der Waals surface area contributed by atoms with Crippen LogP contribution in [0, 0.1) is 5.92 Å². The molecule has 0 spiro atoms. The number of nitrogens with one attached hydrogen (secondary N) is 2. The minimum Gasteiger partial charge on any atom is -0.465 e. The maximum absolute atomic E-state index is 13.3. The highest BCUT2D eigenvalue weighted by molar-refractivity contribution is 6.05. The molecule has 0 radical (unpaired) electrons. The van der Waals surface area contributed by atoms with Crippen LogP contribution in [-0.4, -0.2) is 49.5 Å². The van der Waals surface area contributed by atoms with Crippen LogP contribution in [0.5, 0.6) is 0 Å². The van der Waals surface area contributed by atoms with Crippen molar-refractivity contribution >= 4 is 29.2 Å². The SMILES string of the molecule is CCOC1OC(C(=O)NCc2ccc(C(=O)Nc3ccccc3N)cc2)=CC(c2ccc(C(=O)OC)cc2)C1CCCO. The third kappa shape index (κ3) is 8.00. The molecule has 0 saturated heterocycles. The molecule has 3 aromatic carbocycles. The van der Waals surface area contributed by atoms with Crippen LogP contribution in [0.3, 0.4) is 0 Å². The fourth-order valence-electron chi connectivity index (χ4n) is 4.95. The van der Waals surface area contributed by atoms with Crippen molar-refractivity contribution in [2.75, 3.05) is 31.4 Å². The van der Waals surface area contributed by atoms with Crippen molar-refractivity contribution in [2.45, 2.75) is 38.5 Å². The summed E-state index contributed by atoms with van der Waals surface area (Å²) in [6.45, 7) is 2.45. The van der Waals surface area contributed by atoms with Crippen LogP contribution in [0.1, 0.15) is 57.5 Å². The number of hydrogen-bond donors (Lipinski definition) is 4. The number of amides is 2. The first-order valence-electron chi connectivity index (χ1n) is 14.2. The van der Waals surface area contributed by atoms with Crippen molar-refractivity contribution in [2.24, 2.45) is 5.92 Å². The molecule has 10 heteroatoms. The summed E-state index contributed by atoms with van der Waals surface area (Å²) in [4.78, 5) is 37.8. The molecule has 43 heavy (non-hydrogen) atoms. The van der Waals surface area contributed by atoms with Crippen LogP contribution < -0.4 is 16.4 Å². The van der Waals surface area contributed by atoms with E-state index in [0.717, 1.165) is 11.1 Å². The standard InChI is InChI=1S/C33H37N3O7/c1-3-42-33-25(7-6-18-37)26(22-14-16-24(17-15-22)32(40)41-2)19-29(43-33)31(39)35-20-21-10-12-23(13-11-21)30(38)36-28-9-5-4-8-27(28)34/h4-5,8-17,19,25-26,33,37H,3,6-7,18,20,34H2,1-2H3,(H,35,39)(H,36,38). The molecule has 1 heterocycles. The van der Waals surface area contributed by atoms with Gasteiger partial charge in [0.05, 0.1) is 24.0 Å². The number of benzene rings is 3. The first-order valence-corrected chi connectivity index (χ1v) is 14.2. The number of aliphatic hydroxyl groups is 1. The average molecular weight is 588 g/mol. The molecule has 0 fully saturated rings. The number of methoxy groups -OCH3 is 1. The van der Waals surface area contributed by atoms with Gasteiger partial charge in [0.1, 0.15) is 0 Å². The lowest BCUT2D eigenvalue weighted by Gasteiger charge is -2.37. The minimum atomic E-state index is -0.705. The Balaban J connectivity index is 1.47. The number of allylic oxidation sites excluding steroid dienone is 1. The molecular formula is C33H37N3O7. The lowest BCUT2D eigenvalue weighted by molar-refractivity contribution is -0.166. The molecule has 4 rings (SSSR count). The van der Waals surface area contributed by atoms with E-state index >= 15 is 0 Å². The number of anilines is 2. The summed E-state index contributed by atoms with van der Waals surface area (Å²) in [5.41, 5.74) is 9.45. The Hall–Kier alpha value is -4.67. The van der Waals surface area contributed by atoms with E-state index in [1.54, 1.807) is 66.7 Å². The summed E-state index contributed by atoms with van der Waals surface area (Å²) in [5, 5.41) is 15.2. The molecule has 3 unspecified atom stereocenters. The number of aliphatic hydroxyl groups excluding tert-OH is 1. The largest absolute Gasteiger partial charge is 0.465 e. The lowest BCUT2D eigenvalue weighted by Crippen LogP contribution is -2.39. The van der Waals surface area contributed by atoms with Gasteiger partial charge in [-0.2, -0.15) is 0 Å². The van der Waals surface area contributed by atoms with Crippen LogP contribution in [0.2, 0.25) is 0 Å². The maximum atomic E-state index is 13.3. The van der Waals surface area contributed by atoms with Crippen molar-refractivity contribution in [3.63, 3.8) is 0 Å². The number of esters is 1. The topological polar surface area (TPSA) is 149 Å². The normalized spacial score (nSPS) is 17.7. The van der Waals surface area contributed by atoms with Crippen LogP contribution in [-0.2, 0) is 25.5 Å². The summed E-state index contributed by atoms with van der Waals surface area (Å²) in [6, 6.07) is 20.9. The lowest BCUT2D eigenvalue weighted by atomic mass is 9.80. The number of hydrogen-bond acceptors (Lipinski definition) is 8. The quantitative estimate of drug-likeness (QED) is 0.180. The van der Waals surface area contributed by atoms with Gasteiger partial charge in [-0.15, -0.1) is 0 Å². The second-order valence-corrected chi connectivity index (χ2v) is 10.1. The van der Waals surface area contributed by atoms with Crippen molar-refractivity contribution in [1.29, 1.82) is 0 Å². The second kappa shape index (κ2) is 15.0. The molecule has 3 atom stereocenters. The molecule has 1 aliphatic heterocycles. The second-order valence-electron chi connectivity index (χ2n) is 10.1. The zero-order chi connectivity index (χ0) is 30.8. The molecule has 3 aromatic rings. The van der Waals surface area contributed by atoms with Crippen LogP contribution in [0.25, 0.3) is 0 Å². The van der Waals surface area contributed by atoms with E-state index in [0.29, 0.717) is 42.0 Å². The number of para-hydroxylation sites is 2. The van der Waals surface area contributed by atoms with E-state index < -0.39 is 18.2 Å². The molecule has 0 aliphatic carbocycles. The van der Waals surface area contributed by atoms with Crippen molar-refractivity contribution in [3.8, 4) is 0 Å². The first kappa shape index (κ1) is 31.3. The smallest absolute Gasteiger partial charge is 0.337 e. The molecule has 0 aromatic heterocycles. The molecule has 226 valence electrons. The highest BCUT2D eigenvalue weighted by Gasteiger charge is 2.37. The van der Waals surface area contributed by atoms with Crippen LogP contribution in [0.15, 0.2) is 84.6 Å². The highest BCUT2D eigenvalue weighted by Crippen LogP contribution is 2.39. The minimum absolute atomic E-state index is 0.0150. The fourth-order valence-corrected chi connectivity index (χ4v) is 4.95. The van der Waals surface area contributed by atoms with Gasteiger partial charge in [0.15, 0.2) is 5.76 Å². The Bertz CT molecular complexity index is 1440. The Kier molecular flexibility index (Phi) is 10.9. The van der Waals surface area contributed by atoms with E-state index in [1.807, 2.05) is 19.1 Å². The van der Waals surface area contributed by atoms with E-state index in [2.05, 4.69) is 10.6 Å². The van der Waals surface area contributed by atoms with Crippen molar-refractivity contribution in [3.05, 3.63) is 107 Å². The third-order valence-corrected chi connectivity index (χ3v) is 7.23. The Labute approximate surface area is 250 Å². The molecule has 1 aliphatic rings. The van der Waals surface area contributed by atoms with Crippen LogP contribution in [0.4, 0.5) is 11.4 Å². The Morgan fingerprint density at radius 3 is 2.30 bits per heavy atom. The van der Waals surface area contributed by atoms with Gasteiger partial charge in [-0.1, -0.05) is 36.4 Å². The van der Waals surface area contributed by atoms with Gasteiger partial charge in [-0.25, -0.2) is 4.79 Å². The summed E-state index contributed by atoms with van der Waals surface area (Å²) in [7, 11) is 1.33. The van der Waals surface area contributed by atoms with E-state index in [1.165, 1.54) is 7.11 Å². The summed E-state index contributed by atoms with van der Waals surface area (Å²) in [5.74, 6) is -1.45. The monoisotopic (exact) mass is 587 g/mol. The maximum Gasteiger partial charge on any atom is 0.337 e. The zero-order valence-electron chi connectivity index (χ0n) is 24.2. The third-order valence-electron chi connectivity index (χ3n) is 7.23. The van der Waals surface area contributed by atoms with Gasteiger partial charge in [0.2, 0.25) is 6.29 Å². The van der Waals surface area contributed by atoms with Gasteiger partial charge in [-0.3, -0.25) is 9.59 Å².